The largest absolute Gasteiger partial charge is 0.481 e. The first-order valence-corrected chi connectivity index (χ1v) is 9.96. The molecule has 0 spiro atoms. The molecule has 6 nitrogen and oxygen atoms in total. The van der Waals surface area contributed by atoms with Gasteiger partial charge in [-0.25, -0.2) is 9.97 Å². The highest BCUT2D eigenvalue weighted by Gasteiger charge is 2.44. The van der Waals surface area contributed by atoms with E-state index < -0.39 is 11.4 Å². The summed E-state index contributed by atoms with van der Waals surface area (Å²) in [6.45, 7) is 6.29. The highest BCUT2D eigenvalue weighted by Crippen LogP contribution is 2.40. The monoisotopic (exact) mass is 361 g/mol. The van der Waals surface area contributed by atoms with Gasteiger partial charge in [-0.15, -0.1) is 0 Å². The number of ether oxygens (including phenoxy) is 1. The van der Waals surface area contributed by atoms with Crippen LogP contribution in [-0.4, -0.2) is 46.8 Å². The van der Waals surface area contributed by atoms with Crippen LogP contribution in [0.2, 0.25) is 0 Å². The Morgan fingerprint density at radius 1 is 1.38 bits per heavy atom. The molecule has 2 aliphatic heterocycles. The Morgan fingerprint density at radius 3 is 2.77 bits per heavy atom. The molecule has 0 bridgehead atoms. The number of nitrogens with zero attached hydrogens (tertiary/aromatic N) is 3. The third-order valence-corrected chi connectivity index (χ3v) is 5.85. The molecule has 0 aromatic carbocycles. The van der Waals surface area contributed by atoms with Crippen molar-refractivity contribution in [2.45, 2.75) is 71.3 Å². The quantitative estimate of drug-likeness (QED) is 0.837. The molecule has 1 atom stereocenters. The van der Waals surface area contributed by atoms with E-state index in [9.17, 15) is 9.90 Å². The molecule has 0 unspecified atom stereocenters. The van der Waals surface area contributed by atoms with E-state index >= 15 is 0 Å². The van der Waals surface area contributed by atoms with Gasteiger partial charge in [-0.3, -0.25) is 4.79 Å². The number of carboxylic acid groups (broad SMARTS) is 1. The number of rotatable bonds is 6. The van der Waals surface area contributed by atoms with Crippen molar-refractivity contribution in [3.8, 4) is 0 Å². The summed E-state index contributed by atoms with van der Waals surface area (Å²) in [4.78, 5) is 23.4. The Morgan fingerprint density at radius 2 is 2.15 bits per heavy atom. The fourth-order valence-corrected chi connectivity index (χ4v) is 4.26. The Kier molecular flexibility index (Phi) is 6.12. The van der Waals surface area contributed by atoms with Gasteiger partial charge in [0.15, 0.2) is 0 Å². The summed E-state index contributed by atoms with van der Waals surface area (Å²) >= 11 is 0. The zero-order chi connectivity index (χ0) is 18.6. The lowest BCUT2D eigenvalue weighted by molar-refractivity contribution is -0.154. The van der Waals surface area contributed by atoms with Crippen molar-refractivity contribution in [2.24, 2.45) is 5.41 Å². The average Bonchev–Trinajstić information content (AvgIpc) is 2.65. The van der Waals surface area contributed by atoms with Gasteiger partial charge in [0.05, 0.1) is 11.5 Å². The number of aliphatic carboxylic acids is 1. The lowest BCUT2D eigenvalue weighted by atomic mass is 9.73. The molecule has 2 fully saturated rings. The van der Waals surface area contributed by atoms with Gasteiger partial charge >= 0.3 is 5.97 Å². The first kappa shape index (κ1) is 19.1. The van der Waals surface area contributed by atoms with Crippen molar-refractivity contribution in [2.75, 3.05) is 24.6 Å². The molecule has 2 aliphatic rings. The molecule has 3 heterocycles. The SMILES string of the molecule is CCCc1cnc(C)nc1N1CCC(C[C@@H]2CCCCO2)(C(=O)O)CC1. The number of aromatic nitrogens is 2. The van der Waals surface area contributed by atoms with Crippen molar-refractivity contribution in [3.05, 3.63) is 17.6 Å². The number of hydrogen-bond donors (Lipinski definition) is 1. The van der Waals surface area contributed by atoms with Crippen LogP contribution in [0.5, 0.6) is 0 Å². The van der Waals surface area contributed by atoms with Crippen molar-refractivity contribution >= 4 is 11.8 Å². The second-order valence-electron chi connectivity index (χ2n) is 7.78. The maximum Gasteiger partial charge on any atom is 0.309 e. The maximum atomic E-state index is 12.1. The second-order valence-corrected chi connectivity index (χ2v) is 7.78. The van der Waals surface area contributed by atoms with E-state index in [-0.39, 0.29) is 6.10 Å². The van der Waals surface area contributed by atoms with Crippen molar-refractivity contribution in [1.82, 2.24) is 9.97 Å². The van der Waals surface area contributed by atoms with Gasteiger partial charge in [-0.2, -0.15) is 0 Å². The molecule has 144 valence electrons. The first-order valence-electron chi connectivity index (χ1n) is 9.96. The molecular formula is C20H31N3O3. The normalized spacial score (nSPS) is 23.0. The maximum absolute atomic E-state index is 12.1. The topological polar surface area (TPSA) is 75.5 Å². The average molecular weight is 361 g/mol. The zero-order valence-electron chi connectivity index (χ0n) is 16.0. The molecule has 6 heteroatoms. The molecule has 3 rings (SSSR count). The van der Waals surface area contributed by atoms with Crippen molar-refractivity contribution < 1.29 is 14.6 Å². The van der Waals surface area contributed by atoms with Gasteiger partial charge in [0.25, 0.3) is 0 Å². The van der Waals surface area contributed by atoms with E-state index in [0.717, 1.165) is 69.0 Å². The molecule has 0 amide bonds. The Bertz CT molecular complexity index is 621. The fourth-order valence-electron chi connectivity index (χ4n) is 4.26. The molecule has 1 aromatic heterocycles. The summed E-state index contributed by atoms with van der Waals surface area (Å²) < 4.78 is 5.84. The fraction of sp³-hybridized carbons (Fsp3) is 0.750. The van der Waals surface area contributed by atoms with Gasteiger partial charge in [-0.1, -0.05) is 13.3 Å². The summed E-state index contributed by atoms with van der Waals surface area (Å²) in [5.74, 6) is 1.09. The number of aryl methyl sites for hydroxylation is 2. The van der Waals surface area contributed by atoms with Crippen LogP contribution in [0.1, 0.15) is 63.3 Å². The number of anilines is 1. The van der Waals surface area contributed by atoms with Crippen molar-refractivity contribution in [3.63, 3.8) is 0 Å². The number of carboxylic acids is 1. The van der Waals surface area contributed by atoms with Crippen molar-refractivity contribution in [1.29, 1.82) is 0 Å². The number of hydrogen-bond acceptors (Lipinski definition) is 5. The molecule has 2 saturated heterocycles. The summed E-state index contributed by atoms with van der Waals surface area (Å²) in [7, 11) is 0. The predicted octanol–water partition coefficient (Wildman–Crippen LogP) is 3.37. The van der Waals surface area contributed by atoms with Gasteiger partial charge in [0.1, 0.15) is 11.6 Å². The minimum absolute atomic E-state index is 0.100. The highest BCUT2D eigenvalue weighted by molar-refractivity contribution is 5.75. The number of carbonyl (C=O) groups is 1. The Labute approximate surface area is 156 Å². The van der Waals surface area contributed by atoms with E-state index in [1.54, 1.807) is 0 Å². The minimum atomic E-state index is -0.668. The van der Waals surface area contributed by atoms with Crippen LogP contribution in [0.25, 0.3) is 0 Å². The van der Waals surface area contributed by atoms with Crippen LogP contribution < -0.4 is 4.90 Å². The Balaban J connectivity index is 1.72. The zero-order valence-corrected chi connectivity index (χ0v) is 16.0. The lowest BCUT2D eigenvalue weighted by Crippen LogP contribution is -2.47. The van der Waals surface area contributed by atoms with Gasteiger partial charge in [-0.05, 0) is 51.9 Å². The van der Waals surface area contributed by atoms with Crippen LogP contribution in [0.4, 0.5) is 5.82 Å². The van der Waals surface area contributed by atoms with E-state index in [1.807, 2.05) is 13.1 Å². The number of piperidine rings is 1. The smallest absolute Gasteiger partial charge is 0.309 e. The van der Waals surface area contributed by atoms with E-state index in [1.165, 1.54) is 0 Å². The van der Waals surface area contributed by atoms with Gasteiger partial charge < -0.3 is 14.7 Å². The van der Waals surface area contributed by atoms with Gasteiger partial charge in [0, 0.05) is 31.5 Å². The summed E-state index contributed by atoms with van der Waals surface area (Å²) in [5, 5.41) is 9.96. The minimum Gasteiger partial charge on any atom is -0.481 e. The summed E-state index contributed by atoms with van der Waals surface area (Å²) in [6, 6.07) is 0. The van der Waals surface area contributed by atoms with Crippen LogP contribution in [0.3, 0.4) is 0 Å². The van der Waals surface area contributed by atoms with Crippen LogP contribution in [0.15, 0.2) is 6.20 Å². The van der Waals surface area contributed by atoms with Crippen LogP contribution >= 0.6 is 0 Å². The van der Waals surface area contributed by atoms with Gasteiger partial charge in [0.2, 0.25) is 0 Å². The first-order chi connectivity index (χ1) is 12.5. The van der Waals surface area contributed by atoms with E-state index in [2.05, 4.69) is 21.8 Å². The third kappa shape index (κ3) is 4.17. The summed E-state index contributed by atoms with van der Waals surface area (Å²) in [5.41, 5.74) is 0.502. The highest BCUT2D eigenvalue weighted by atomic mass is 16.5. The molecular weight excluding hydrogens is 330 g/mol. The molecule has 0 radical (unpaired) electrons. The molecule has 1 aromatic rings. The van der Waals surface area contributed by atoms with E-state index in [0.29, 0.717) is 19.3 Å². The summed E-state index contributed by atoms with van der Waals surface area (Å²) in [6.07, 6.45) is 9.19. The lowest BCUT2D eigenvalue weighted by Gasteiger charge is -2.42. The van der Waals surface area contributed by atoms with Crippen LogP contribution in [0, 0.1) is 12.3 Å². The standard InChI is InChI=1S/C20H31N3O3/c1-3-6-16-14-21-15(2)22-18(16)23-10-8-20(9-11-23,19(24)25)13-17-7-4-5-12-26-17/h14,17H,3-13H2,1-2H3,(H,24,25)/t17-/m0/s1. The third-order valence-electron chi connectivity index (χ3n) is 5.85. The molecule has 0 saturated carbocycles. The molecule has 1 N–H and O–H groups in total. The predicted molar refractivity (Wildman–Crippen MR) is 100 cm³/mol. The Hall–Kier alpha value is -1.69. The molecule has 26 heavy (non-hydrogen) atoms. The van der Waals surface area contributed by atoms with Crippen LogP contribution in [-0.2, 0) is 16.0 Å². The molecule has 0 aliphatic carbocycles. The van der Waals surface area contributed by atoms with E-state index in [4.69, 9.17) is 4.74 Å². The second kappa shape index (κ2) is 8.33.